The summed E-state index contributed by atoms with van der Waals surface area (Å²) in [5.41, 5.74) is 2.60. The minimum atomic E-state index is -4.39. The molecule has 2 N–H and O–H groups in total. The predicted octanol–water partition coefficient (Wildman–Crippen LogP) is 4.72. The van der Waals surface area contributed by atoms with Gasteiger partial charge in [0, 0.05) is 13.1 Å². The van der Waals surface area contributed by atoms with E-state index in [1.54, 1.807) is 6.07 Å². The van der Waals surface area contributed by atoms with E-state index < -0.39 is 29.3 Å². The van der Waals surface area contributed by atoms with Crippen molar-refractivity contribution in [3.05, 3.63) is 71.6 Å². The molecule has 1 spiro atoms. The first-order valence-electron chi connectivity index (χ1n) is 9.57. The van der Waals surface area contributed by atoms with Crippen molar-refractivity contribution in [3.8, 4) is 0 Å². The minimum Gasteiger partial charge on any atom is -0.351 e. The number of carbonyl (C=O) groups excluding carboxylic acids is 1. The summed E-state index contributed by atoms with van der Waals surface area (Å²) in [6, 6.07) is 10.6. The summed E-state index contributed by atoms with van der Waals surface area (Å²) < 4.78 is 51.8. The van der Waals surface area contributed by atoms with Crippen LogP contribution in [-0.2, 0) is 15.9 Å². The number of piperidine rings is 1. The third-order valence-electron chi connectivity index (χ3n) is 5.19. The van der Waals surface area contributed by atoms with Gasteiger partial charge in [0.1, 0.15) is 11.4 Å². The van der Waals surface area contributed by atoms with Gasteiger partial charge in [-0.15, -0.1) is 5.06 Å². The monoisotopic (exact) mass is 437 g/mol. The fourth-order valence-electron chi connectivity index (χ4n) is 3.47. The number of amides is 1. The highest BCUT2D eigenvalue weighted by Crippen LogP contribution is 2.36. The fourth-order valence-corrected chi connectivity index (χ4v) is 3.47. The van der Waals surface area contributed by atoms with Gasteiger partial charge in [0.2, 0.25) is 0 Å². The highest BCUT2D eigenvalue weighted by molar-refractivity contribution is 5.84. The van der Waals surface area contributed by atoms with E-state index in [2.05, 4.69) is 10.8 Å². The van der Waals surface area contributed by atoms with Gasteiger partial charge >= 0.3 is 12.3 Å². The minimum absolute atomic E-state index is 0.0217. The maximum atomic E-state index is 13.6. The molecule has 31 heavy (non-hydrogen) atoms. The summed E-state index contributed by atoms with van der Waals surface area (Å²) in [6.45, 7) is 0.728. The number of alkyl halides is 3. The second-order valence-corrected chi connectivity index (χ2v) is 7.31. The molecule has 2 aliphatic heterocycles. The van der Waals surface area contributed by atoms with Crippen molar-refractivity contribution in [3.63, 3.8) is 0 Å². The third-order valence-corrected chi connectivity index (χ3v) is 5.19. The average Bonchev–Trinajstić information content (AvgIpc) is 3.15. The van der Waals surface area contributed by atoms with Crippen LogP contribution in [0.4, 0.5) is 28.0 Å². The van der Waals surface area contributed by atoms with Crippen molar-refractivity contribution < 1.29 is 32.0 Å². The van der Waals surface area contributed by atoms with Crippen LogP contribution >= 0.6 is 0 Å². The number of halogens is 4. The number of hydrogen-bond acceptors (Lipinski definition) is 5. The van der Waals surface area contributed by atoms with Crippen molar-refractivity contribution >= 4 is 17.5 Å². The Hall–Kier alpha value is -3.11. The van der Waals surface area contributed by atoms with Gasteiger partial charge < -0.3 is 4.84 Å². The number of rotatable bonds is 3. The molecule has 1 saturated heterocycles. The Morgan fingerprint density at radius 3 is 2.42 bits per heavy atom. The molecule has 0 aliphatic carbocycles. The lowest BCUT2D eigenvalue weighted by Crippen LogP contribution is -2.45. The second-order valence-electron chi connectivity index (χ2n) is 7.31. The number of nitrogens with one attached hydrogen (secondary N) is 2. The summed E-state index contributed by atoms with van der Waals surface area (Å²) in [7, 11) is 0. The van der Waals surface area contributed by atoms with E-state index in [4.69, 9.17) is 9.68 Å². The first-order valence-corrected chi connectivity index (χ1v) is 9.57. The molecule has 2 heterocycles. The van der Waals surface area contributed by atoms with Crippen LogP contribution in [0, 0.1) is 5.82 Å². The van der Waals surface area contributed by atoms with Gasteiger partial charge in [-0.05, 0) is 48.7 Å². The fraction of sp³-hybridized carbons (Fsp3) is 0.286. The summed E-state index contributed by atoms with van der Waals surface area (Å²) >= 11 is 0. The van der Waals surface area contributed by atoms with E-state index in [1.807, 2.05) is 6.08 Å². The molecular weight excluding hydrogens is 418 g/mol. The first-order chi connectivity index (χ1) is 14.7. The van der Waals surface area contributed by atoms with Gasteiger partial charge in [-0.25, -0.2) is 9.18 Å². The van der Waals surface area contributed by atoms with Crippen molar-refractivity contribution in [2.24, 2.45) is 0 Å². The number of carbonyl (C=O) groups is 1. The van der Waals surface area contributed by atoms with Crippen LogP contribution in [0.2, 0.25) is 0 Å². The summed E-state index contributed by atoms with van der Waals surface area (Å²) in [5.74, 6) is -0.566. The van der Waals surface area contributed by atoms with E-state index in [0.29, 0.717) is 37.2 Å². The SMILES string of the molecule is O=C(Nc1ccccc1F)ON1CCC2(C=C(c3ccc(C(F)(F)F)cc3)NO2)CC1. The predicted molar refractivity (Wildman–Crippen MR) is 104 cm³/mol. The van der Waals surface area contributed by atoms with Crippen molar-refractivity contribution in [2.75, 3.05) is 18.4 Å². The zero-order valence-corrected chi connectivity index (χ0v) is 16.2. The summed E-state index contributed by atoms with van der Waals surface area (Å²) in [4.78, 5) is 22.9. The number of nitrogens with zero attached hydrogens (tertiary/aromatic N) is 1. The van der Waals surface area contributed by atoms with Crippen LogP contribution in [0.25, 0.3) is 5.70 Å². The van der Waals surface area contributed by atoms with Gasteiger partial charge in [-0.1, -0.05) is 24.3 Å². The molecule has 10 heteroatoms. The molecule has 1 fully saturated rings. The van der Waals surface area contributed by atoms with Gasteiger partial charge in [0.15, 0.2) is 0 Å². The highest BCUT2D eigenvalue weighted by Gasteiger charge is 2.40. The molecule has 2 aromatic carbocycles. The molecule has 0 radical (unpaired) electrons. The molecule has 164 valence electrons. The Morgan fingerprint density at radius 1 is 1.10 bits per heavy atom. The van der Waals surface area contributed by atoms with Crippen molar-refractivity contribution in [2.45, 2.75) is 24.6 Å². The lowest BCUT2D eigenvalue weighted by atomic mass is 9.91. The topological polar surface area (TPSA) is 62.8 Å². The number of hydroxylamine groups is 3. The highest BCUT2D eigenvalue weighted by atomic mass is 19.4. The molecule has 0 unspecified atom stereocenters. The molecule has 4 rings (SSSR count). The Bertz CT molecular complexity index is 984. The molecular formula is C21H19F4N3O3. The first kappa shape index (κ1) is 21.1. The van der Waals surface area contributed by atoms with Crippen LogP contribution in [0.15, 0.2) is 54.6 Å². The maximum Gasteiger partial charge on any atom is 0.430 e. The Labute approximate surface area is 175 Å². The Balaban J connectivity index is 1.33. The Kier molecular flexibility index (Phi) is 5.59. The molecule has 1 amide bonds. The van der Waals surface area contributed by atoms with E-state index in [0.717, 1.165) is 12.1 Å². The van der Waals surface area contributed by atoms with Gasteiger partial charge in [0.25, 0.3) is 0 Å². The molecule has 0 bridgehead atoms. The largest absolute Gasteiger partial charge is 0.430 e. The third kappa shape index (κ3) is 4.80. The quantitative estimate of drug-likeness (QED) is 0.681. The molecule has 0 saturated carbocycles. The molecule has 0 atom stereocenters. The van der Waals surface area contributed by atoms with Crippen molar-refractivity contribution in [1.82, 2.24) is 10.5 Å². The van der Waals surface area contributed by atoms with Gasteiger partial charge in [-0.3, -0.25) is 15.6 Å². The van der Waals surface area contributed by atoms with E-state index in [-0.39, 0.29) is 5.69 Å². The van der Waals surface area contributed by atoms with E-state index in [1.165, 1.54) is 35.4 Å². The average molecular weight is 437 g/mol. The lowest BCUT2D eigenvalue weighted by Gasteiger charge is -2.35. The molecule has 6 nitrogen and oxygen atoms in total. The molecule has 2 aromatic rings. The van der Waals surface area contributed by atoms with Crippen LogP contribution < -0.4 is 10.8 Å². The molecule has 0 aromatic heterocycles. The zero-order chi connectivity index (χ0) is 22.1. The second kappa shape index (κ2) is 8.20. The number of hydrogen-bond donors (Lipinski definition) is 2. The van der Waals surface area contributed by atoms with Gasteiger partial charge in [0.05, 0.1) is 16.9 Å². The smallest absolute Gasteiger partial charge is 0.351 e. The molecule has 2 aliphatic rings. The van der Waals surface area contributed by atoms with Crippen LogP contribution in [0.3, 0.4) is 0 Å². The van der Waals surface area contributed by atoms with Crippen molar-refractivity contribution in [1.29, 1.82) is 0 Å². The van der Waals surface area contributed by atoms with Crippen LogP contribution in [0.1, 0.15) is 24.0 Å². The zero-order valence-electron chi connectivity index (χ0n) is 16.2. The standard InChI is InChI=1S/C21H19F4N3O3/c22-16-3-1-2-4-17(16)26-19(29)30-28-11-9-20(10-12-28)13-18(27-31-20)14-5-7-15(8-6-14)21(23,24)25/h1-8,13,27H,9-12H2,(H,26,29). The van der Waals surface area contributed by atoms with Gasteiger partial charge in [-0.2, -0.15) is 13.2 Å². The number of anilines is 1. The lowest BCUT2D eigenvalue weighted by molar-refractivity contribution is -0.153. The number of para-hydroxylation sites is 1. The van der Waals surface area contributed by atoms with Crippen LogP contribution in [0.5, 0.6) is 0 Å². The van der Waals surface area contributed by atoms with E-state index >= 15 is 0 Å². The number of benzene rings is 2. The van der Waals surface area contributed by atoms with Crippen LogP contribution in [-0.4, -0.2) is 29.8 Å². The summed E-state index contributed by atoms with van der Waals surface area (Å²) in [6.07, 6.45) is -2.38. The normalized spacial score (nSPS) is 18.4. The Morgan fingerprint density at radius 2 is 1.77 bits per heavy atom. The maximum absolute atomic E-state index is 13.6. The summed E-state index contributed by atoms with van der Waals surface area (Å²) in [5, 5.41) is 3.80. The van der Waals surface area contributed by atoms with E-state index in [9.17, 15) is 22.4 Å².